The van der Waals surface area contributed by atoms with E-state index in [1.54, 1.807) is 0 Å². The van der Waals surface area contributed by atoms with Crippen LogP contribution in [0.2, 0.25) is 0 Å². The van der Waals surface area contributed by atoms with Crippen molar-refractivity contribution in [2.24, 2.45) is 0 Å². The van der Waals surface area contributed by atoms with Gasteiger partial charge in [-0.05, 0) is 29.8 Å². The van der Waals surface area contributed by atoms with Crippen LogP contribution < -0.4 is 0 Å². The predicted molar refractivity (Wildman–Crippen MR) is 74.6 cm³/mol. The standard InChI is InChI=1S/C16H23N/c1-2-3-4-5-8-12-17-13-11-15-9-6-7-10-16(15)14-17/h6-7,9-11,13H,2-5,8,12,14H2,1H3. The number of benzene rings is 1. The number of fused-ring (bicyclic) bond motifs is 1. The maximum Gasteiger partial charge on any atom is 0.0429 e. The molecule has 0 radical (unpaired) electrons. The Morgan fingerprint density at radius 3 is 2.76 bits per heavy atom. The maximum atomic E-state index is 2.44. The first-order valence-corrected chi connectivity index (χ1v) is 6.90. The highest BCUT2D eigenvalue weighted by molar-refractivity contribution is 5.55. The zero-order chi connectivity index (χ0) is 11.9. The molecular weight excluding hydrogens is 206 g/mol. The van der Waals surface area contributed by atoms with Crippen molar-refractivity contribution < 1.29 is 0 Å². The minimum absolute atomic E-state index is 1.08. The van der Waals surface area contributed by atoms with Crippen LogP contribution in [-0.4, -0.2) is 11.4 Å². The van der Waals surface area contributed by atoms with E-state index in [9.17, 15) is 0 Å². The minimum atomic E-state index is 1.08. The molecule has 0 fully saturated rings. The summed E-state index contributed by atoms with van der Waals surface area (Å²) in [6.07, 6.45) is 11.3. The van der Waals surface area contributed by atoms with E-state index in [4.69, 9.17) is 0 Å². The first kappa shape index (κ1) is 12.2. The molecule has 0 aliphatic carbocycles. The Morgan fingerprint density at radius 2 is 1.88 bits per heavy atom. The van der Waals surface area contributed by atoms with E-state index in [1.165, 1.54) is 49.8 Å². The van der Waals surface area contributed by atoms with Crippen LogP contribution in [0.1, 0.15) is 50.2 Å². The number of rotatable bonds is 6. The Morgan fingerprint density at radius 1 is 1.06 bits per heavy atom. The van der Waals surface area contributed by atoms with Crippen molar-refractivity contribution >= 4 is 6.08 Å². The maximum absolute atomic E-state index is 2.44. The van der Waals surface area contributed by atoms with Gasteiger partial charge in [-0.1, -0.05) is 56.9 Å². The van der Waals surface area contributed by atoms with Crippen molar-refractivity contribution in [1.29, 1.82) is 0 Å². The molecule has 2 rings (SSSR count). The second-order valence-corrected chi connectivity index (χ2v) is 4.90. The summed E-state index contributed by atoms with van der Waals surface area (Å²) in [6.45, 7) is 4.55. The Kier molecular flexibility index (Phi) is 4.66. The highest BCUT2D eigenvalue weighted by atomic mass is 15.1. The van der Waals surface area contributed by atoms with E-state index in [-0.39, 0.29) is 0 Å². The predicted octanol–water partition coefficient (Wildman–Crippen LogP) is 4.44. The van der Waals surface area contributed by atoms with Crippen LogP contribution in [0.3, 0.4) is 0 Å². The van der Waals surface area contributed by atoms with E-state index >= 15 is 0 Å². The van der Waals surface area contributed by atoms with Crippen LogP contribution in [0.25, 0.3) is 6.08 Å². The largest absolute Gasteiger partial charge is 0.373 e. The van der Waals surface area contributed by atoms with Crippen LogP contribution in [0.4, 0.5) is 0 Å². The van der Waals surface area contributed by atoms with Gasteiger partial charge in [-0.2, -0.15) is 0 Å². The summed E-state index contributed by atoms with van der Waals surface area (Å²) < 4.78 is 0. The summed E-state index contributed by atoms with van der Waals surface area (Å²) in [5.41, 5.74) is 2.85. The average Bonchev–Trinajstić information content (AvgIpc) is 2.38. The lowest BCUT2D eigenvalue weighted by molar-refractivity contribution is 0.353. The van der Waals surface area contributed by atoms with E-state index in [1.807, 2.05) is 0 Å². The van der Waals surface area contributed by atoms with Crippen LogP contribution in [-0.2, 0) is 6.54 Å². The fraction of sp³-hybridized carbons (Fsp3) is 0.500. The van der Waals surface area contributed by atoms with Crippen LogP contribution in [0, 0.1) is 0 Å². The Bertz CT molecular complexity index is 368. The quantitative estimate of drug-likeness (QED) is 0.652. The highest BCUT2D eigenvalue weighted by Crippen LogP contribution is 2.19. The van der Waals surface area contributed by atoms with Gasteiger partial charge in [-0.25, -0.2) is 0 Å². The van der Waals surface area contributed by atoms with Gasteiger partial charge in [0.1, 0.15) is 0 Å². The lowest BCUT2D eigenvalue weighted by Crippen LogP contribution is -2.21. The van der Waals surface area contributed by atoms with Crippen LogP contribution >= 0.6 is 0 Å². The van der Waals surface area contributed by atoms with Gasteiger partial charge in [0, 0.05) is 13.1 Å². The van der Waals surface area contributed by atoms with Crippen molar-refractivity contribution in [2.45, 2.75) is 45.6 Å². The van der Waals surface area contributed by atoms with Crippen molar-refractivity contribution in [2.75, 3.05) is 6.54 Å². The van der Waals surface area contributed by atoms with Crippen molar-refractivity contribution in [3.05, 3.63) is 41.6 Å². The molecule has 92 valence electrons. The SMILES string of the molecule is CCCCCCCN1C=Cc2ccccc2C1. The van der Waals surface area contributed by atoms with Gasteiger partial charge < -0.3 is 4.90 Å². The van der Waals surface area contributed by atoms with Gasteiger partial charge in [0.25, 0.3) is 0 Å². The summed E-state index contributed by atoms with van der Waals surface area (Å²) >= 11 is 0. The summed E-state index contributed by atoms with van der Waals surface area (Å²) in [5.74, 6) is 0. The number of unbranched alkanes of at least 4 members (excludes halogenated alkanes) is 4. The molecule has 0 unspecified atom stereocenters. The van der Waals surface area contributed by atoms with Crippen molar-refractivity contribution in [1.82, 2.24) is 4.90 Å². The van der Waals surface area contributed by atoms with Crippen molar-refractivity contribution in [3.8, 4) is 0 Å². The summed E-state index contributed by atoms with van der Waals surface area (Å²) in [6, 6.07) is 8.69. The topological polar surface area (TPSA) is 3.24 Å². The van der Waals surface area contributed by atoms with Gasteiger partial charge in [-0.15, -0.1) is 0 Å². The fourth-order valence-electron chi connectivity index (χ4n) is 2.37. The first-order chi connectivity index (χ1) is 8.40. The molecule has 0 atom stereocenters. The third kappa shape index (κ3) is 3.62. The molecule has 1 aliphatic heterocycles. The Labute approximate surface area is 105 Å². The second kappa shape index (κ2) is 6.48. The zero-order valence-corrected chi connectivity index (χ0v) is 10.9. The van der Waals surface area contributed by atoms with Gasteiger partial charge in [0.15, 0.2) is 0 Å². The number of hydrogen-bond donors (Lipinski definition) is 0. The Hall–Kier alpha value is -1.24. The van der Waals surface area contributed by atoms with E-state index in [0.29, 0.717) is 0 Å². The third-order valence-corrected chi connectivity index (χ3v) is 3.44. The van der Waals surface area contributed by atoms with E-state index < -0.39 is 0 Å². The van der Waals surface area contributed by atoms with E-state index in [0.717, 1.165) is 6.54 Å². The molecule has 0 N–H and O–H groups in total. The molecule has 0 saturated carbocycles. The van der Waals surface area contributed by atoms with Gasteiger partial charge in [-0.3, -0.25) is 0 Å². The van der Waals surface area contributed by atoms with Crippen LogP contribution in [0.5, 0.6) is 0 Å². The number of hydrogen-bond acceptors (Lipinski definition) is 1. The second-order valence-electron chi connectivity index (χ2n) is 4.90. The summed E-state index contributed by atoms with van der Waals surface area (Å²) in [5, 5.41) is 0. The molecule has 0 amide bonds. The molecule has 1 aromatic carbocycles. The van der Waals surface area contributed by atoms with Gasteiger partial charge in [0.2, 0.25) is 0 Å². The normalized spacial score (nSPS) is 13.8. The lowest BCUT2D eigenvalue weighted by Gasteiger charge is -2.25. The van der Waals surface area contributed by atoms with Crippen LogP contribution in [0.15, 0.2) is 30.5 Å². The molecule has 0 spiro atoms. The molecule has 1 nitrogen and oxygen atoms in total. The molecule has 0 aromatic heterocycles. The summed E-state index contributed by atoms with van der Waals surface area (Å²) in [7, 11) is 0. The Balaban J connectivity index is 1.75. The van der Waals surface area contributed by atoms with Gasteiger partial charge in [0.05, 0.1) is 0 Å². The zero-order valence-electron chi connectivity index (χ0n) is 10.9. The highest BCUT2D eigenvalue weighted by Gasteiger charge is 2.08. The smallest absolute Gasteiger partial charge is 0.0429 e. The molecular formula is C16H23N. The number of nitrogens with zero attached hydrogens (tertiary/aromatic N) is 1. The molecule has 1 aromatic rings. The molecule has 1 heterocycles. The average molecular weight is 229 g/mol. The van der Waals surface area contributed by atoms with E-state index in [2.05, 4.69) is 48.4 Å². The monoisotopic (exact) mass is 229 g/mol. The first-order valence-electron chi connectivity index (χ1n) is 6.90. The summed E-state index contributed by atoms with van der Waals surface area (Å²) in [4.78, 5) is 2.44. The van der Waals surface area contributed by atoms with Crippen molar-refractivity contribution in [3.63, 3.8) is 0 Å². The molecule has 1 heteroatoms. The molecule has 17 heavy (non-hydrogen) atoms. The molecule has 1 aliphatic rings. The molecule has 0 saturated heterocycles. The minimum Gasteiger partial charge on any atom is -0.373 e. The van der Waals surface area contributed by atoms with Gasteiger partial charge >= 0.3 is 0 Å². The third-order valence-electron chi connectivity index (χ3n) is 3.44. The lowest BCUT2D eigenvalue weighted by atomic mass is 10.0. The fourth-order valence-corrected chi connectivity index (χ4v) is 2.37. The molecule has 0 bridgehead atoms.